The van der Waals surface area contributed by atoms with Crippen molar-refractivity contribution in [3.8, 4) is 23.0 Å². The van der Waals surface area contributed by atoms with E-state index in [4.69, 9.17) is 30.4 Å². The van der Waals surface area contributed by atoms with Crippen molar-refractivity contribution < 1.29 is 18.9 Å². The molecule has 0 amide bonds. The second-order valence-corrected chi connectivity index (χ2v) is 19.1. The molecule has 8 N–H and O–H groups in total. The van der Waals surface area contributed by atoms with Crippen LogP contribution in [-0.2, 0) is 0 Å². The Labute approximate surface area is 391 Å². The summed E-state index contributed by atoms with van der Waals surface area (Å²) in [5.41, 5.74) is 13.4. The Hall–Kier alpha value is -3.86. The molecule has 4 aromatic rings. The monoisotopic (exact) mass is 925 g/mol. The van der Waals surface area contributed by atoms with Gasteiger partial charge in [-0.05, 0) is 50.9 Å². The lowest BCUT2D eigenvalue weighted by Gasteiger charge is -2.13. The minimum Gasteiger partial charge on any atom is -0.493 e. The molecular formula is C48H80N10O4S2. The lowest BCUT2D eigenvalue weighted by atomic mass is 10.1. The average molecular weight is 925 g/mol. The standard InChI is InChI=1S/C48H80N10O4S2/c1-59-41-33-37-39(35-43(41)61-3)55-47(49)57-45(37)53-27-23-19-15-11-7-5-9-13-17-21-25-51-29-31-63-64-32-30-52-26-22-18-14-10-6-8-12-16-20-24-28-54-46-38-34-42(60-2)44(62-4)36-40(38)56-48(50)58-46/h33-36,51-52H,5-32H2,1-4H3,(H3,49,53,55,57)(H3,50,54,56,58). The number of ether oxygens (including phenoxy) is 4. The fraction of sp³-hybridized carbons (Fsp3) is 0.667. The van der Waals surface area contributed by atoms with E-state index < -0.39 is 0 Å². The number of nitrogens with two attached hydrogens (primary N) is 2. The van der Waals surface area contributed by atoms with Gasteiger partial charge in [-0.15, -0.1) is 0 Å². The maximum Gasteiger partial charge on any atom is 0.222 e. The number of anilines is 4. The highest BCUT2D eigenvalue weighted by atomic mass is 33.1. The van der Waals surface area contributed by atoms with Crippen LogP contribution in [0.25, 0.3) is 21.8 Å². The molecule has 16 heteroatoms. The number of hydrogen-bond acceptors (Lipinski definition) is 16. The summed E-state index contributed by atoms with van der Waals surface area (Å²) in [5.74, 6) is 6.90. The van der Waals surface area contributed by atoms with Gasteiger partial charge in [0.15, 0.2) is 23.0 Å². The van der Waals surface area contributed by atoms with E-state index in [9.17, 15) is 0 Å². The van der Waals surface area contributed by atoms with Gasteiger partial charge in [0, 0.05) is 60.6 Å². The SMILES string of the molecule is COc1cc2nc(N)nc(NCCCCCCCCCCCCNCCSSCCNCCCCCCCCCCCCNc3nc(N)nc4cc(OC)c(OC)cc34)c2cc1OC. The number of methoxy groups -OCH3 is 4. The first-order valence-corrected chi connectivity index (χ1v) is 26.5. The fourth-order valence-electron chi connectivity index (χ4n) is 7.80. The number of unbranched alkanes of at least 4 members (excludes halogenated alkanes) is 18. The molecule has 0 atom stereocenters. The van der Waals surface area contributed by atoms with E-state index in [0.717, 1.165) is 85.6 Å². The van der Waals surface area contributed by atoms with E-state index in [1.807, 2.05) is 45.9 Å². The van der Waals surface area contributed by atoms with E-state index in [0.29, 0.717) is 23.0 Å². The van der Waals surface area contributed by atoms with Crippen molar-refractivity contribution in [1.82, 2.24) is 30.6 Å². The van der Waals surface area contributed by atoms with Crippen molar-refractivity contribution in [3.05, 3.63) is 24.3 Å². The zero-order chi connectivity index (χ0) is 45.5. The van der Waals surface area contributed by atoms with E-state index in [1.165, 1.54) is 127 Å². The maximum atomic E-state index is 5.97. The Morgan fingerprint density at radius 1 is 0.391 bits per heavy atom. The lowest BCUT2D eigenvalue weighted by molar-refractivity contribution is 0.356. The Balaban J connectivity index is 0.819. The molecule has 0 saturated carbocycles. The van der Waals surface area contributed by atoms with Crippen molar-refractivity contribution >= 4 is 66.9 Å². The normalized spacial score (nSPS) is 11.4. The van der Waals surface area contributed by atoms with Crippen molar-refractivity contribution in [1.29, 1.82) is 0 Å². The third kappa shape index (κ3) is 20.1. The molecule has 0 bridgehead atoms. The third-order valence-corrected chi connectivity index (χ3v) is 13.8. The largest absolute Gasteiger partial charge is 0.493 e. The molecular weight excluding hydrogens is 845 g/mol. The number of aromatic nitrogens is 4. The second kappa shape index (κ2) is 32.7. The number of benzene rings is 2. The van der Waals surface area contributed by atoms with E-state index in [-0.39, 0.29) is 11.9 Å². The van der Waals surface area contributed by atoms with Gasteiger partial charge in [-0.1, -0.05) is 124 Å². The Morgan fingerprint density at radius 3 is 1.02 bits per heavy atom. The van der Waals surface area contributed by atoms with Crippen molar-refractivity contribution in [2.45, 2.75) is 128 Å². The first-order chi connectivity index (χ1) is 31.5. The number of nitrogens with one attached hydrogen (secondary N) is 4. The van der Waals surface area contributed by atoms with Gasteiger partial charge in [-0.2, -0.15) is 9.97 Å². The number of hydrogen-bond donors (Lipinski definition) is 6. The van der Waals surface area contributed by atoms with Gasteiger partial charge in [0.1, 0.15) is 11.6 Å². The summed E-state index contributed by atoms with van der Waals surface area (Å²) in [7, 11) is 10.5. The zero-order valence-corrected chi connectivity index (χ0v) is 41.1. The molecule has 2 aromatic carbocycles. The molecule has 0 radical (unpaired) electrons. The van der Waals surface area contributed by atoms with E-state index >= 15 is 0 Å². The molecule has 4 rings (SSSR count). The molecule has 0 spiro atoms. The summed E-state index contributed by atoms with van der Waals surface area (Å²) in [6.45, 7) is 6.22. The van der Waals surface area contributed by atoms with Crippen LogP contribution in [0.5, 0.6) is 23.0 Å². The van der Waals surface area contributed by atoms with Crippen LogP contribution in [0.3, 0.4) is 0 Å². The first kappa shape index (κ1) is 52.8. The molecule has 0 unspecified atom stereocenters. The Morgan fingerprint density at radius 2 is 0.688 bits per heavy atom. The first-order valence-electron chi connectivity index (χ1n) is 24.0. The highest BCUT2D eigenvalue weighted by molar-refractivity contribution is 8.76. The summed E-state index contributed by atoms with van der Waals surface area (Å²) in [5, 5.41) is 15.9. The van der Waals surface area contributed by atoms with Crippen LogP contribution >= 0.6 is 21.6 Å². The predicted octanol–water partition coefficient (Wildman–Crippen LogP) is 10.7. The summed E-state index contributed by atoms with van der Waals surface area (Å²) >= 11 is 0. The van der Waals surface area contributed by atoms with Crippen LogP contribution in [0.1, 0.15) is 128 Å². The van der Waals surface area contributed by atoms with Crippen LogP contribution < -0.4 is 51.7 Å². The average Bonchev–Trinajstić information content (AvgIpc) is 3.30. The highest BCUT2D eigenvalue weighted by Crippen LogP contribution is 2.35. The minimum atomic E-state index is 0.249. The summed E-state index contributed by atoms with van der Waals surface area (Å²) < 4.78 is 21.7. The quantitative estimate of drug-likeness (QED) is 0.0183. The topological polar surface area (TPSA) is 189 Å². The molecule has 0 aliphatic carbocycles. The Kier molecular flexibility index (Phi) is 27.0. The van der Waals surface area contributed by atoms with Crippen LogP contribution in [0, 0.1) is 0 Å². The Bertz CT molecular complexity index is 1740. The molecule has 2 aromatic heterocycles. The minimum absolute atomic E-state index is 0.249. The molecule has 64 heavy (non-hydrogen) atoms. The summed E-state index contributed by atoms with van der Waals surface area (Å²) in [6, 6.07) is 7.49. The fourth-order valence-corrected chi connectivity index (χ4v) is 9.70. The number of nitrogens with zero attached hydrogens (tertiary/aromatic N) is 4. The predicted molar refractivity (Wildman–Crippen MR) is 274 cm³/mol. The molecule has 0 aliphatic rings. The van der Waals surface area contributed by atoms with Crippen LogP contribution in [0.15, 0.2) is 24.3 Å². The summed E-state index contributed by atoms with van der Waals surface area (Å²) in [4.78, 5) is 17.6. The molecule has 0 saturated heterocycles. The van der Waals surface area contributed by atoms with Crippen molar-refractivity contribution in [3.63, 3.8) is 0 Å². The smallest absolute Gasteiger partial charge is 0.222 e. The molecule has 2 heterocycles. The van der Waals surface area contributed by atoms with Gasteiger partial charge in [0.25, 0.3) is 0 Å². The van der Waals surface area contributed by atoms with Crippen molar-refractivity contribution in [2.24, 2.45) is 0 Å². The van der Waals surface area contributed by atoms with Crippen molar-refractivity contribution in [2.75, 3.05) is 101 Å². The van der Waals surface area contributed by atoms with Crippen LogP contribution in [0.4, 0.5) is 23.5 Å². The molecule has 0 aliphatic heterocycles. The van der Waals surface area contributed by atoms with Gasteiger partial charge in [0.05, 0.1) is 39.5 Å². The van der Waals surface area contributed by atoms with Gasteiger partial charge in [-0.25, -0.2) is 9.97 Å². The maximum absolute atomic E-state index is 5.97. The number of fused-ring (bicyclic) bond motifs is 2. The van der Waals surface area contributed by atoms with Gasteiger partial charge in [-0.3, -0.25) is 0 Å². The third-order valence-electron chi connectivity index (χ3n) is 11.4. The second-order valence-electron chi connectivity index (χ2n) is 16.4. The van der Waals surface area contributed by atoms with Gasteiger partial charge < -0.3 is 51.7 Å². The highest BCUT2D eigenvalue weighted by Gasteiger charge is 2.14. The molecule has 0 fully saturated rings. The van der Waals surface area contributed by atoms with E-state index in [1.54, 1.807) is 28.4 Å². The van der Waals surface area contributed by atoms with Crippen LogP contribution in [0.2, 0.25) is 0 Å². The molecule has 358 valence electrons. The molecule has 14 nitrogen and oxygen atoms in total. The van der Waals surface area contributed by atoms with Crippen LogP contribution in [-0.4, -0.2) is 99.1 Å². The lowest BCUT2D eigenvalue weighted by Crippen LogP contribution is -2.19. The number of rotatable bonds is 39. The number of nitrogen functional groups attached to an aromatic ring is 2. The van der Waals surface area contributed by atoms with Gasteiger partial charge in [0.2, 0.25) is 11.9 Å². The zero-order valence-electron chi connectivity index (χ0n) is 39.5. The summed E-state index contributed by atoms with van der Waals surface area (Å²) in [6.07, 6.45) is 25.9. The van der Waals surface area contributed by atoms with Gasteiger partial charge >= 0.3 is 0 Å². The van der Waals surface area contributed by atoms with E-state index in [2.05, 4.69) is 41.2 Å².